The van der Waals surface area contributed by atoms with Gasteiger partial charge in [-0.25, -0.2) is 4.79 Å². The number of anilines is 1. The molecule has 4 heteroatoms. The standard InChI is InChI=1S/C13H17N3O/c17-13(15-11-2-1-7-14-8-11)16-12(9-3-4-9)10-5-6-10/h1-2,7-10,12H,3-6H2,(H2,15,16,17). The topological polar surface area (TPSA) is 54.0 Å². The number of hydrogen-bond donors (Lipinski definition) is 2. The molecule has 2 aliphatic rings. The molecule has 0 spiro atoms. The number of amides is 2. The predicted octanol–water partition coefficient (Wildman–Crippen LogP) is 2.39. The van der Waals surface area contributed by atoms with Gasteiger partial charge in [-0.1, -0.05) is 0 Å². The van der Waals surface area contributed by atoms with Crippen LogP contribution in [0.5, 0.6) is 0 Å². The van der Waals surface area contributed by atoms with Crippen LogP contribution in [0.15, 0.2) is 24.5 Å². The number of carbonyl (C=O) groups excluding carboxylic acids is 1. The summed E-state index contributed by atoms with van der Waals surface area (Å²) in [6, 6.07) is 3.96. The largest absolute Gasteiger partial charge is 0.335 e. The Labute approximate surface area is 101 Å². The maximum atomic E-state index is 11.8. The lowest BCUT2D eigenvalue weighted by Gasteiger charge is -2.17. The van der Waals surface area contributed by atoms with Gasteiger partial charge in [0, 0.05) is 12.2 Å². The molecule has 2 amide bonds. The molecule has 2 N–H and O–H groups in total. The highest BCUT2D eigenvalue weighted by molar-refractivity contribution is 5.89. The summed E-state index contributed by atoms with van der Waals surface area (Å²) in [6.45, 7) is 0. The summed E-state index contributed by atoms with van der Waals surface area (Å²) in [5.74, 6) is 1.45. The van der Waals surface area contributed by atoms with Crippen molar-refractivity contribution in [3.63, 3.8) is 0 Å². The van der Waals surface area contributed by atoms with Crippen molar-refractivity contribution in [3.05, 3.63) is 24.5 Å². The fourth-order valence-electron chi connectivity index (χ4n) is 2.29. The van der Waals surface area contributed by atoms with E-state index in [1.54, 1.807) is 12.4 Å². The highest BCUT2D eigenvalue weighted by Crippen LogP contribution is 2.44. The van der Waals surface area contributed by atoms with E-state index in [1.165, 1.54) is 25.7 Å². The van der Waals surface area contributed by atoms with E-state index in [-0.39, 0.29) is 6.03 Å². The van der Waals surface area contributed by atoms with E-state index >= 15 is 0 Å². The van der Waals surface area contributed by atoms with Crippen LogP contribution in [0.4, 0.5) is 10.5 Å². The van der Waals surface area contributed by atoms with Crippen molar-refractivity contribution in [2.75, 3.05) is 5.32 Å². The number of nitrogens with zero attached hydrogens (tertiary/aromatic N) is 1. The van der Waals surface area contributed by atoms with Gasteiger partial charge in [0.1, 0.15) is 0 Å². The molecule has 1 heterocycles. The first-order valence-electron chi connectivity index (χ1n) is 6.30. The second-order valence-corrected chi connectivity index (χ2v) is 5.04. The maximum absolute atomic E-state index is 11.8. The highest BCUT2D eigenvalue weighted by atomic mass is 16.2. The second kappa shape index (κ2) is 4.35. The van der Waals surface area contributed by atoms with Crippen LogP contribution in [0, 0.1) is 11.8 Å². The van der Waals surface area contributed by atoms with Gasteiger partial charge in [-0.15, -0.1) is 0 Å². The molecule has 0 bridgehead atoms. The Hall–Kier alpha value is -1.58. The minimum absolute atomic E-state index is 0.0956. The molecule has 2 aliphatic carbocycles. The molecule has 2 saturated carbocycles. The van der Waals surface area contributed by atoms with Crippen molar-refractivity contribution < 1.29 is 4.79 Å². The van der Waals surface area contributed by atoms with Gasteiger partial charge in [0.15, 0.2) is 0 Å². The van der Waals surface area contributed by atoms with Gasteiger partial charge in [-0.05, 0) is 49.7 Å². The van der Waals surface area contributed by atoms with Gasteiger partial charge in [0.25, 0.3) is 0 Å². The summed E-state index contributed by atoms with van der Waals surface area (Å²) in [6.07, 6.45) is 8.44. The Bertz CT molecular complexity index is 386. The molecule has 0 aliphatic heterocycles. The van der Waals surface area contributed by atoms with Crippen LogP contribution in [-0.2, 0) is 0 Å². The van der Waals surface area contributed by atoms with Crippen LogP contribution < -0.4 is 10.6 Å². The van der Waals surface area contributed by atoms with E-state index < -0.39 is 0 Å². The van der Waals surface area contributed by atoms with Gasteiger partial charge < -0.3 is 10.6 Å². The van der Waals surface area contributed by atoms with Crippen LogP contribution in [0.25, 0.3) is 0 Å². The van der Waals surface area contributed by atoms with Crippen molar-refractivity contribution in [1.29, 1.82) is 0 Å². The zero-order valence-electron chi connectivity index (χ0n) is 9.73. The Balaban J connectivity index is 1.55. The summed E-state index contributed by atoms with van der Waals surface area (Å²) < 4.78 is 0. The fraction of sp³-hybridized carbons (Fsp3) is 0.538. The average molecular weight is 231 g/mol. The maximum Gasteiger partial charge on any atom is 0.319 e. The van der Waals surface area contributed by atoms with Crippen molar-refractivity contribution >= 4 is 11.7 Å². The van der Waals surface area contributed by atoms with Crippen molar-refractivity contribution in [3.8, 4) is 0 Å². The molecule has 0 aromatic carbocycles. The van der Waals surface area contributed by atoms with Crippen LogP contribution >= 0.6 is 0 Å². The Morgan fingerprint density at radius 1 is 1.29 bits per heavy atom. The third-order valence-electron chi connectivity index (χ3n) is 3.48. The summed E-state index contributed by atoms with van der Waals surface area (Å²) in [4.78, 5) is 15.8. The van der Waals surface area contributed by atoms with Crippen molar-refractivity contribution in [2.45, 2.75) is 31.7 Å². The zero-order valence-corrected chi connectivity index (χ0v) is 9.73. The molecule has 0 radical (unpaired) electrons. The summed E-state index contributed by atoms with van der Waals surface area (Å²) in [7, 11) is 0. The molecule has 0 atom stereocenters. The minimum Gasteiger partial charge on any atom is -0.335 e. The van der Waals surface area contributed by atoms with Crippen LogP contribution in [0.2, 0.25) is 0 Å². The number of urea groups is 1. The first-order chi connectivity index (χ1) is 8.33. The molecular formula is C13H17N3O. The normalized spacial score (nSPS) is 19.1. The smallest absolute Gasteiger partial charge is 0.319 e. The van der Waals surface area contributed by atoms with E-state index in [4.69, 9.17) is 0 Å². The number of nitrogens with one attached hydrogen (secondary N) is 2. The first-order valence-corrected chi connectivity index (χ1v) is 6.30. The quantitative estimate of drug-likeness (QED) is 0.836. The zero-order chi connectivity index (χ0) is 11.7. The Morgan fingerprint density at radius 2 is 2.00 bits per heavy atom. The van der Waals surface area contributed by atoms with E-state index in [9.17, 15) is 4.79 Å². The second-order valence-electron chi connectivity index (χ2n) is 5.04. The van der Waals surface area contributed by atoms with Gasteiger partial charge in [0.05, 0.1) is 11.9 Å². The van der Waals surface area contributed by atoms with E-state index in [1.807, 2.05) is 12.1 Å². The lowest BCUT2D eigenvalue weighted by Crippen LogP contribution is -2.40. The van der Waals surface area contributed by atoms with E-state index in [2.05, 4.69) is 15.6 Å². The average Bonchev–Trinajstić information content (AvgIpc) is 3.19. The van der Waals surface area contributed by atoms with Crippen molar-refractivity contribution in [1.82, 2.24) is 10.3 Å². The van der Waals surface area contributed by atoms with Gasteiger partial charge in [0.2, 0.25) is 0 Å². The molecule has 2 fully saturated rings. The molecule has 17 heavy (non-hydrogen) atoms. The molecule has 1 aromatic heterocycles. The molecule has 0 unspecified atom stereocenters. The molecule has 4 nitrogen and oxygen atoms in total. The number of pyridine rings is 1. The Kier molecular flexibility index (Phi) is 2.71. The SMILES string of the molecule is O=C(Nc1cccnc1)NC(C1CC1)C1CC1. The lowest BCUT2D eigenvalue weighted by molar-refractivity contribution is 0.245. The number of carbonyl (C=O) groups is 1. The molecule has 3 rings (SSSR count). The van der Waals surface area contributed by atoms with Crippen LogP contribution in [0.3, 0.4) is 0 Å². The third-order valence-corrected chi connectivity index (χ3v) is 3.48. The lowest BCUT2D eigenvalue weighted by atomic mass is 10.1. The van der Waals surface area contributed by atoms with Crippen LogP contribution in [-0.4, -0.2) is 17.1 Å². The number of aromatic nitrogens is 1. The Morgan fingerprint density at radius 3 is 2.53 bits per heavy atom. The highest BCUT2D eigenvalue weighted by Gasteiger charge is 2.42. The summed E-state index contributed by atoms with van der Waals surface area (Å²) >= 11 is 0. The summed E-state index contributed by atoms with van der Waals surface area (Å²) in [5.41, 5.74) is 0.746. The fourth-order valence-corrected chi connectivity index (χ4v) is 2.29. The first kappa shape index (κ1) is 10.6. The van der Waals surface area contributed by atoms with Gasteiger partial charge >= 0.3 is 6.03 Å². The van der Waals surface area contributed by atoms with Gasteiger partial charge in [-0.3, -0.25) is 4.98 Å². The third kappa shape index (κ3) is 2.75. The molecule has 0 saturated heterocycles. The van der Waals surface area contributed by atoms with Crippen molar-refractivity contribution in [2.24, 2.45) is 11.8 Å². The molecule has 90 valence electrons. The number of rotatable bonds is 4. The minimum atomic E-state index is -0.0956. The molecule has 1 aromatic rings. The number of hydrogen-bond acceptors (Lipinski definition) is 2. The molecular weight excluding hydrogens is 214 g/mol. The van der Waals surface area contributed by atoms with Crippen LogP contribution in [0.1, 0.15) is 25.7 Å². The van der Waals surface area contributed by atoms with E-state index in [0.29, 0.717) is 6.04 Å². The van der Waals surface area contributed by atoms with E-state index in [0.717, 1.165) is 17.5 Å². The monoisotopic (exact) mass is 231 g/mol. The van der Waals surface area contributed by atoms with Gasteiger partial charge in [-0.2, -0.15) is 0 Å². The summed E-state index contributed by atoms with van der Waals surface area (Å²) in [5, 5.41) is 5.94. The predicted molar refractivity (Wildman–Crippen MR) is 65.6 cm³/mol.